The Labute approximate surface area is 110 Å². The Hall–Kier alpha value is -1.52. The van der Waals surface area contributed by atoms with Crippen LogP contribution in [-0.4, -0.2) is 17.4 Å². The van der Waals surface area contributed by atoms with Crippen LogP contribution in [0.25, 0.3) is 0 Å². The lowest BCUT2D eigenvalue weighted by Crippen LogP contribution is -2.29. The van der Waals surface area contributed by atoms with E-state index < -0.39 is 11.7 Å². The summed E-state index contributed by atoms with van der Waals surface area (Å²) in [6.07, 6.45) is -2.17. The highest BCUT2D eigenvalue weighted by Crippen LogP contribution is 2.35. The van der Waals surface area contributed by atoms with Gasteiger partial charge in [-0.15, -0.1) is 0 Å². The predicted molar refractivity (Wildman–Crippen MR) is 65.4 cm³/mol. The molecule has 1 fully saturated rings. The number of rotatable bonds is 2. The molecule has 19 heavy (non-hydrogen) atoms. The molecule has 2 nitrogen and oxygen atoms in total. The first-order valence-electron chi connectivity index (χ1n) is 6.40. The molecule has 0 spiro atoms. The van der Waals surface area contributed by atoms with E-state index >= 15 is 0 Å². The molecule has 0 radical (unpaired) electrons. The third-order valence-corrected chi connectivity index (χ3v) is 3.50. The molecule has 5 heteroatoms. The summed E-state index contributed by atoms with van der Waals surface area (Å²) in [7, 11) is 0. The second kappa shape index (κ2) is 5.23. The molecule has 2 rings (SSSR count). The van der Waals surface area contributed by atoms with Crippen LogP contribution in [0.15, 0.2) is 24.3 Å². The van der Waals surface area contributed by atoms with E-state index in [0.717, 1.165) is 30.5 Å². The van der Waals surface area contributed by atoms with Gasteiger partial charge >= 0.3 is 6.18 Å². The van der Waals surface area contributed by atoms with Gasteiger partial charge in [0.15, 0.2) is 0 Å². The minimum atomic E-state index is -4.31. The van der Waals surface area contributed by atoms with Crippen molar-refractivity contribution >= 4 is 5.91 Å². The van der Waals surface area contributed by atoms with E-state index in [0.29, 0.717) is 13.0 Å². The molecule has 1 aliphatic heterocycles. The first kappa shape index (κ1) is 13.9. The molecule has 104 valence electrons. The Morgan fingerprint density at radius 2 is 1.95 bits per heavy atom. The van der Waals surface area contributed by atoms with Crippen molar-refractivity contribution in [1.29, 1.82) is 0 Å². The summed E-state index contributed by atoms with van der Waals surface area (Å²) >= 11 is 0. The van der Waals surface area contributed by atoms with Gasteiger partial charge in [-0.1, -0.05) is 19.1 Å². The van der Waals surface area contributed by atoms with Crippen LogP contribution < -0.4 is 0 Å². The average Bonchev–Trinajstić information content (AvgIpc) is 2.86. The van der Waals surface area contributed by atoms with Crippen LogP contribution in [0.3, 0.4) is 0 Å². The zero-order chi connectivity index (χ0) is 14.0. The first-order chi connectivity index (χ1) is 8.93. The Balaban J connectivity index is 2.20. The van der Waals surface area contributed by atoms with Gasteiger partial charge in [0.05, 0.1) is 11.6 Å². The van der Waals surface area contributed by atoms with Gasteiger partial charge in [0.25, 0.3) is 0 Å². The van der Waals surface area contributed by atoms with Crippen LogP contribution >= 0.6 is 0 Å². The number of halogens is 3. The van der Waals surface area contributed by atoms with Gasteiger partial charge in [0.2, 0.25) is 5.91 Å². The summed E-state index contributed by atoms with van der Waals surface area (Å²) in [4.78, 5) is 13.5. The zero-order valence-corrected chi connectivity index (χ0v) is 10.7. The molecule has 1 saturated heterocycles. The predicted octanol–water partition coefficient (Wildman–Crippen LogP) is 3.78. The molecule has 1 aromatic carbocycles. The van der Waals surface area contributed by atoms with Crippen molar-refractivity contribution in [3.05, 3.63) is 35.4 Å². The third-order valence-electron chi connectivity index (χ3n) is 3.50. The normalized spacial score (nSPS) is 19.8. The third kappa shape index (κ3) is 2.91. The summed E-state index contributed by atoms with van der Waals surface area (Å²) in [6.45, 7) is 2.49. The lowest BCUT2D eigenvalue weighted by Gasteiger charge is -2.25. The van der Waals surface area contributed by atoms with Gasteiger partial charge in [0.1, 0.15) is 0 Å². The molecule has 0 aromatic heterocycles. The molecule has 0 bridgehead atoms. The zero-order valence-electron chi connectivity index (χ0n) is 10.7. The average molecular weight is 271 g/mol. The van der Waals surface area contributed by atoms with Crippen molar-refractivity contribution in [3.63, 3.8) is 0 Å². The summed E-state index contributed by atoms with van der Waals surface area (Å²) in [5, 5.41) is 0. The molecule has 1 aromatic rings. The molecular weight excluding hydrogens is 255 g/mol. The monoisotopic (exact) mass is 271 g/mol. The molecule has 0 aliphatic carbocycles. The van der Waals surface area contributed by atoms with Crippen LogP contribution in [-0.2, 0) is 11.0 Å². The fraction of sp³-hybridized carbons (Fsp3) is 0.500. The number of hydrogen-bond donors (Lipinski definition) is 0. The molecule has 1 heterocycles. The Morgan fingerprint density at radius 3 is 2.47 bits per heavy atom. The second-order valence-electron chi connectivity index (χ2n) is 4.72. The maximum atomic E-state index is 12.5. The van der Waals surface area contributed by atoms with E-state index in [1.165, 1.54) is 12.1 Å². The standard InChI is InChI=1S/C14H16F3NO/c1-2-13(19)18-9-3-4-12(18)10-5-7-11(8-6-10)14(15,16)17/h5-8,12H,2-4,9H2,1H3. The van der Waals surface area contributed by atoms with E-state index in [9.17, 15) is 18.0 Å². The van der Waals surface area contributed by atoms with E-state index in [1.54, 1.807) is 11.8 Å². The largest absolute Gasteiger partial charge is 0.416 e. The fourth-order valence-corrected chi connectivity index (χ4v) is 2.51. The minimum absolute atomic E-state index is 0.0578. The summed E-state index contributed by atoms with van der Waals surface area (Å²) in [5.41, 5.74) is 0.134. The van der Waals surface area contributed by atoms with Crippen molar-refractivity contribution in [1.82, 2.24) is 4.90 Å². The molecule has 1 aliphatic rings. The van der Waals surface area contributed by atoms with E-state index in [1.807, 2.05) is 0 Å². The number of alkyl halides is 3. The van der Waals surface area contributed by atoms with Gasteiger partial charge in [-0.05, 0) is 30.5 Å². The summed E-state index contributed by atoms with van der Waals surface area (Å²) < 4.78 is 37.5. The number of carbonyl (C=O) groups excluding carboxylic acids is 1. The molecule has 0 saturated carbocycles. The van der Waals surface area contributed by atoms with E-state index in [2.05, 4.69) is 0 Å². The van der Waals surface area contributed by atoms with Crippen molar-refractivity contribution < 1.29 is 18.0 Å². The highest BCUT2D eigenvalue weighted by Gasteiger charge is 2.32. The van der Waals surface area contributed by atoms with Gasteiger partial charge in [-0.2, -0.15) is 13.2 Å². The van der Waals surface area contributed by atoms with Crippen molar-refractivity contribution in [3.8, 4) is 0 Å². The van der Waals surface area contributed by atoms with E-state index in [-0.39, 0.29) is 11.9 Å². The maximum Gasteiger partial charge on any atom is 0.416 e. The fourth-order valence-electron chi connectivity index (χ4n) is 2.51. The number of likely N-dealkylation sites (tertiary alicyclic amines) is 1. The van der Waals surface area contributed by atoms with Crippen molar-refractivity contribution in [2.45, 2.75) is 38.4 Å². The minimum Gasteiger partial charge on any atom is -0.336 e. The highest BCUT2D eigenvalue weighted by atomic mass is 19.4. The highest BCUT2D eigenvalue weighted by molar-refractivity contribution is 5.76. The SMILES string of the molecule is CCC(=O)N1CCCC1c1ccc(C(F)(F)F)cc1. The summed E-state index contributed by atoms with van der Waals surface area (Å²) in [5.74, 6) is 0.0578. The molecule has 1 amide bonds. The molecule has 0 N–H and O–H groups in total. The quantitative estimate of drug-likeness (QED) is 0.801. The number of nitrogens with zero attached hydrogens (tertiary/aromatic N) is 1. The molecule has 1 unspecified atom stereocenters. The van der Waals surface area contributed by atoms with Gasteiger partial charge in [0, 0.05) is 13.0 Å². The Kier molecular flexibility index (Phi) is 3.83. The van der Waals surface area contributed by atoms with Gasteiger partial charge < -0.3 is 4.90 Å². The number of amides is 1. The molecule has 1 atom stereocenters. The Bertz CT molecular complexity index is 453. The maximum absolute atomic E-state index is 12.5. The van der Waals surface area contributed by atoms with Crippen LogP contribution in [0.1, 0.15) is 43.4 Å². The van der Waals surface area contributed by atoms with Crippen molar-refractivity contribution in [2.75, 3.05) is 6.54 Å². The van der Waals surface area contributed by atoms with E-state index in [4.69, 9.17) is 0 Å². The smallest absolute Gasteiger partial charge is 0.336 e. The molecular formula is C14H16F3NO. The Morgan fingerprint density at radius 1 is 1.32 bits per heavy atom. The van der Waals surface area contributed by atoms with Crippen LogP contribution in [0, 0.1) is 0 Å². The van der Waals surface area contributed by atoms with Crippen LogP contribution in [0.5, 0.6) is 0 Å². The first-order valence-corrected chi connectivity index (χ1v) is 6.40. The second-order valence-corrected chi connectivity index (χ2v) is 4.72. The van der Waals surface area contributed by atoms with Crippen molar-refractivity contribution in [2.24, 2.45) is 0 Å². The van der Waals surface area contributed by atoms with Gasteiger partial charge in [-0.25, -0.2) is 0 Å². The number of benzene rings is 1. The number of hydrogen-bond acceptors (Lipinski definition) is 1. The lowest BCUT2D eigenvalue weighted by molar-refractivity contribution is -0.137. The van der Waals surface area contributed by atoms with Gasteiger partial charge in [-0.3, -0.25) is 4.79 Å². The lowest BCUT2D eigenvalue weighted by atomic mass is 10.0. The number of carbonyl (C=O) groups is 1. The van der Waals surface area contributed by atoms with Crippen LogP contribution in [0.2, 0.25) is 0 Å². The summed E-state index contributed by atoms with van der Waals surface area (Å²) in [6, 6.07) is 5.06. The van der Waals surface area contributed by atoms with Crippen LogP contribution in [0.4, 0.5) is 13.2 Å². The topological polar surface area (TPSA) is 20.3 Å².